The van der Waals surface area contributed by atoms with E-state index in [0.717, 1.165) is 34.0 Å². The molecule has 1 aromatic heterocycles. The maximum Gasteiger partial charge on any atom is 0.129 e. The van der Waals surface area contributed by atoms with Crippen molar-refractivity contribution in [3.05, 3.63) is 42.5 Å². The molecule has 0 aliphatic carbocycles. The van der Waals surface area contributed by atoms with Gasteiger partial charge in [-0.2, -0.15) is 0 Å². The van der Waals surface area contributed by atoms with E-state index in [1.165, 1.54) is 0 Å². The smallest absolute Gasteiger partial charge is 0.129 e. The fourth-order valence-corrected chi connectivity index (χ4v) is 2.75. The molecule has 4 heteroatoms. The number of benzene rings is 2. The van der Waals surface area contributed by atoms with Crippen LogP contribution >= 0.6 is 0 Å². The molecule has 3 N–H and O–H groups in total. The third-order valence-corrected chi connectivity index (χ3v) is 4.62. The number of aromatic amines is 1. The Kier molecular flexibility index (Phi) is 4.78. The van der Waals surface area contributed by atoms with Gasteiger partial charge in [0.05, 0.1) is 5.52 Å². The topological polar surface area (TPSA) is 57.3 Å². The summed E-state index contributed by atoms with van der Waals surface area (Å²) in [5.41, 5.74) is 2.17. The Morgan fingerprint density at radius 3 is 2.67 bits per heavy atom. The highest BCUT2D eigenvalue weighted by Crippen LogP contribution is 2.32. The molecule has 0 aliphatic rings. The summed E-state index contributed by atoms with van der Waals surface area (Å²) < 4.78 is 5.94. The maximum absolute atomic E-state index is 10.2. The maximum atomic E-state index is 10.2. The molecule has 128 valence electrons. The van der Waals surface area contributed by atoms with Crippen LogP contribution in [-0.4, -0.2) is 34.9 Å². The van der Waals surface area contributed by atoms with Gasteiger partial charge < -0.3 is 20.1 Å². The zero-order chi connectivity index (χ0) is 17.2. The molecular formula is C20H26N2O2. The highest BCUT2D eigenvalue weighted by Gasteiger charge is 2.17. The summed E-state index contributed by atoms with van der Waals surface area (Å²) >= 11 is 0. The van der Waals surface area contributed by atoms with Gasteiger partial charge in [-0.25, -0.2) is 0 Å². The summed E-state index contributed by atoms with van der Waals surface area (Å²) in [5, 5.41) is 15.8. The van der Waals surface area contributed by atoms with Crippen LogP contribution < -0.4 is 10.1 Å². The number of para-hydroxylation sites is 1. The lowest BCUT2D eigenvalue weighted by atomic mass is 10.0. The van der Waals surface area contributed by atoms with Crippen LogP contribution in [0.2, 0.25) is 0 Å². The van der Waals surface area contributed by atoms with Crippen molar-refractivity contribution in [3.8, 4) is 5.75 Å². The Morgan fingerprint density at radius 2 is 1.88 bits per heavy atom. The van der Waals surface area contributed by atoms with Crippen LogP contribution in [0.25, 0.3) is 21.8 Å². The fourth-order valence-electron chi connectivity index (χ4n) is 2.75. The highest BCUT2D eigenvalue weighted by molar-refractivity contribution is 6.10. The van der Waals surface area contributed by atoms with Crippen LogP contribution in [0.15, 0.2) is 42.5 Å². The molecule has 3 rings (SSSR count). The lowest BCUT2D eigenvalue weighted by Gasteiger charge is -2.26. The third-order valence-electron chi connectivity index (χ3n) is 4.62. The molecule has 1 atom stereocenters. The second kappa shape index (κ2) is 6.83. The molecule has 1 heterocycles. The molecule has 0 fully saturated rings. The zero-order valence-corrected chi connectivity index (χ0v) is 14.6. The van der Waals surface area contributed by atoms with Crippen molar-refractivity contribution in [2.45, 2.75) is 38.8 Å². The van der Waals surface area contributed by atoms with E-state index in [0.29, 0.717) is 6.54 Å². The van der Waals surface area contributed by atoms with Gasteiger partial charge in [0.2, 0.25) is 0 Å². The van der Waals surface area contributed by atoms with Gasteiger partial charge in [-0.15, -0.1) is 0 Å². The largest absolute Gasteiger partial charge is 0.490 e. The van der Waals surface area contributed by atoms with Crippen molar-refractivity contribution < 1.29 is 9.84 Å². The first kappa shape index (κ1) is 16.8. The number of aliphatic hydroxyl groups is 1. The number of H-pyrrole nitrogens is 1. The normalized spacial score (nSPS) is 13.5. The summed E-state index contributed by atoms with van der Waals surface area (Å²) in [5.74, 6) is 0.804. The molecule has 0 saturated heterocycles. The average molecular weight is 326 g/mol. The SMILES string of the molecule is CCC(C)(C)NC[C@H](O)COc1cccc2[nH]c3ccccc3c12. The minimum Gasteiger partial charge on any atom is -0.490 e. The molecule has 0 bridgehead atoms. The van der Waals surface area contributed by atoms with Crippen molar-refractivity contribution in [1.29, 1.82) is 0 Å². The number of aromatic nitrogens is 1. The van der Waals surface area contributed by atoms with Crippen LogP contribution in [0.4, 0.5) is 0 Å². The fraction of sp³-hybridized carbons (Fsp3) is 0.400. The first-order valence-electron chi connectivity index (χ1n) is 8.55. The van der Waals surface area contributed by atoms with Crippen LogP contribution in [-0.2, 0) is 0 Å². The van der Waals surface area contributed by atoms with E-state index in [2.05, 4.69) is 43.2 Å². The number of nitrogens with one attached hydrogen (secondary N) is 2. The first-order valence-corrected chi connectivity index (χ1v) is 8.55. The molecule has 24 heavy (non-hydrogen) atoms. The van der Waals surface area contributed by atoms with Crippen molar-refractivity contribution in [2.75, 3.05) is 13.2 Å². The quantitative estimate of drug-likeness (QED) is 0.618. The molecule has 0 radical (unpaired) electrons. The molecule has 0 saturated carbocycles. The summed E-state index contributed by atoms with van der Waals surface area (Å²) in [6, 6.07) is 14.2. The van der Waals surface area contributed by atoms with Crippen molar-refractivity contribution >= 4 is 21.8 Å². The summed E-state index contributed by atoms with van der Waals surface area (Å²) in [4.78, 5) is 3.40. The second-order valence-corrected chi connectivity index (χ2v) is 6.93. The lowest BCUT2D eigenvalue weighted by molar-refractivity contribution is 0.0993. The molecule has 0 aliphatic heterocycles. The molecule has 3 aromatic rings. The van der Waals surface area contributed by atoms with Crippen molar-refractivity contribution in [2.24, 2.45) is 0 Å². The standard InChI is InChI=1S/C20H26N2O2/c1-4-20(2,3)21-12-14(23)13-24-18-11-7-10-17-19(18)15-8-5-6-9-16(15)22-17/h5-11,14,21-23H,4,12-13H2,1-3H3/t14-/m0/s1. The zero-order valence-electron chi connectivity index (χ0n) is 14.6. The summed E-state index contributed by atoms with van der Waals surface area (Å²) in [7, 11) is 0. The Bertz CT molecular complexity index is 823. The van der Waals surface area contributed by atoms with E-state index >= 15 is 0 Å². The number of rotatable bonds is 7. The number of hydrogen-bond acceptors (Lipinski definition) is 3. The molecule has 0 spiro atoms. The minimum absolute atomic E-state index is 0.0256. The van der Waals surface area contributed by atoms with Gasteiger partial charge in [0.1, 0.15) is 18.5 Å². The van der Waals surface area contributed by atoms with Crippen LogP contribution in [0.5, 0.6) is 5.75 Å². The third kappa shape index (κ3) is 3.55. The van der Waals surface area contributed by atoms with E-state index in [1.54, 1.807) is 0 Å². The monoisotopic (exact) mass is 326 g/mol. The number of hydrogen-bond donors (Lipinski definition) is 3. The predicted octanol–water partition coefficient (Wildman–Crippen LogP) is 3.84. The Morgan fingerprint density at radius 1 is 1.12 bits per heavy atom. The minimum atomic E-state index is -0.545. The number of fused-ring (bicyclic) bond motifs is 3. The predicted molar refractivity (Wildman–Crippen MR) is 99.7 cm³/mol. The van der Waals surface area contributed by atoms with Gasteiger partial charge in [0.15, 0.2) is 0 Å². The molecule has 0 amide bonds. The molecule has 4 nitrogen and oxygen atoms in total. The van der Waals surface area contributed by atoms with E-state index in [-0.39, 0.29) is 12.1 Å². The number of ether oxygens (including phenoxy) is 1. The number of β-amino-alcohol motifs (C(OH)–C–C–N with tert-alkyl or cyclic N) is 1. The summed E-state index contributed by atoms with van der Waals surface area (Å²) in [6.45, 7) is 7.18. The van der Waals surface area contributed by atoms with Gasteiger partial charge in [0, 0.05) is 28.4 Å². The number of aliphatic hydroxyl groups excluding tert-OH is 1. The van der Waals surface area contributed by atoms with Crippen molar-refractivity contribution in [1.82, 2.24) is 10.3 Å². The van der Waals surface area contributed by atoms with Gasteiger partial charge in [-0.1, -0.05) is 31.2 Å². The average Bonchev–Trinajstić information content (AvgIpc) is 2.97. The second-order valence-electron chi connectivity index (χ2n) is 6.93. The van der Waals surface area contributed by atoms with E-state index in [9.17, 15) is 5.11 Å². The van der Waals surface area contributed by atoms with Gasteiger partial charge >= 0.3 is 0 Å². The van der Waals surface area contributed by atoms with Crippen LogP contribution in [0.1, 0.15) is 27.2 Å². The van der Waals surface area contributed by atoms with Crippen LogP contribution in [0.3, 0.4) is 0 Å². The molecular weight excluding hydrogens is 300 g/mol. The lowest BCUT2D eigenvalue weighted by Crippen LogP contribution is -2.44. The molecule has 0 unspecified atom stereocenters. The van der Waals surface area contributed by atoms with Crippen molar-refractivity contribution in [3.63, 3.8) is 0 Å². The molecule has 2 aromatic carbocycles. The van der Waals surface area contributed by atoms with E-state index in [1.807, 2.05) is 30.3 Å². The Labute approximate surface area is 142 Å². The Hall–Kier alpha value is -2.04. The highest BCUT2D eigenvalue weighted by atomic mass is 16.5. The summed E-state index contributed by atoms with van der Waals surface area (Å²) in [6.07, 6.45) is 0.464. The first-order chi connectivity index (χ1) is 11.5. The van der Waals surface area contributed by atoms with Gasteiger partial charge in [-0.05, 0) is 38.5 Å². The Balaban J connectivity index is 1.74. The van der Waals surface area contributed by atoms with Gasteiger partial charge in [-0.3, -0.25) is 0 Å². The van der Waals surface area contributed by atoms with E-state index < -0.39 is 6.10 Å². The van der Waals surface area contributed by atoms with E-state index in [4.69, 9.17) is 4.74 Å². The van der Waals surface area contributed by atoms with Gasteiger partial charge in [0.25, 0.3) is 0 Å². The van der Waals surface area contributed by atoms with Crippen LogP contribution in [0, 0.1) is 0 Å².